The number of ether oxygens (including phenoxy) is 1. The first kappa shape index (κ1) is 17.8. The van der Waals surface area contributed by atoms with E-state index in [1.54, 1.807) is 22.8 Å². The van der Waals surface area contributed by atoms with E-state index in [-0.39, 0.29) is 11.5 Å². The maximum atomic E-state index is 11.2. The molecule has 0 spiro atoms. The highest BCUT2D eigenvalue weighted by atomic mass is 32.2. The Morgan fingerprint density at radius 1 is 1.19 bits per heavy atom. The molecule has 0 aliphatic heterocycles. The summed E-state index contributed by atoms with van der Waals surface area (Å²) in [5.41, 5.74) is 6.57. The second-order valence-corrected chi connectivity index (χ2v) is 6.28. The van der Waals surface area contributed by atoms with Crippen LogP contribution in [0.3, 0.4) is 0 Å². The van der Waals surface area contributed by atoms with Crippen LogP contribution in [0.5, 0.6) is 11.5 Å². The average molecular weight is 370 g/mol. The number of carbonyl (C=O) groups is 1. The smallest absolute Gasteiger partial charge is 0.227 e. The zero-order valence-corrected chi connectivity index (χ0v) is 14.9. The van der Waals surface area contributed by atoms with Gasteiger partial charge in [-0.1, -0.05) is 23.9 Å². The summed E-state index contributed by atoms with van der Waals surface area (Å²) in [7, 11) is 0. The molecule has 0 unspecified atom stereocenters. The minimum absolute atomic E-state index is 0.0793. The number of benzene rings is 2. The maximum absolute atomic E-state index is 11.2. The normalized spacial score (nSPS) is 10.7. The summed E-state index contributed by atoms with van der Waals surface area (Å²) in [6, 6.07) is 14.3. The van der Waals surface area contributed by atoms with E-state index in [0.29, 0.717) is 23.2 Å². The first-order chi connectivity index (χ1) is 12.6. The molecule has 3 N–H and O–H groups in total. The van der Waals surface area contributed by atoms with Crippen molar-refractivity contribution in [3.8, 4) is 28.6 Å². The third-order valence-corrected chi connectivity index (χ3v) is 4.48. The van der Waals surface area contributed by atoms with Gasteiger partial charge in [0.25, 0.3) is 0 Å². The van der Waals surface area contributed by atoms with E-state index in [0.717, 1.165) is 11.4 Å². The molecular formula is C18H18N4O3S. The first-order valence-electron chi connectivity index (χ1n) is 7.98. The predicted octanol–water partition coefficient (Wildman–Crippen LogP) is 2.62. The number of para-hydroxylation sites is 1. The van der Waals surface area contributed by atoms with Gasteiger partial charge in [-0.05, 0) is 43.3 Å². The molecular weight excluding hydrogens is 352 g/mol. The summed E-state index contributed by atoms with van der Waals surface area (Å²) < 4.78 is 7.25. The SMILES string of the molecule is CCOc1ccc(-n2c(SCC(N)=O)nnc2-c2ccccc2O)cc1. The lowest BCUT2D eigenvalue weighted by Crippen LogP contribution is -2.13. The Balaban J connectivity index is 2.08. The van der Waals surface area contributed by atoms with Crippen LogP contribution in [0.1, 0.15) is 6.92 Å². The minimum atomic E-state index is -0.444. The third-order valence-electron chi connectivity index (χ3n) is 3.53. The quantitative estimate of drug-likeness (QED) is 0.620. The van der Waals surface area contributed by atoms with Crippen molar-refractivity contribution in [2.75, 3.05) is 12.4 Å². The highest BCUT2D eigenvalue weighted by Crippen LogP contribution is 2.32. The Hall–Kier alpha value is -3.00. The Bertz CT molecular complexity index is 909. The summed E-state index contributed by atoms with van der Waals surface area (Å²) in [6.45, 7) is 2.50. The molecule has 3 aromatic rings. The number of amides is 1. The standard InChI is InChI=1S/C18H18N4O3S/c1-2-25-13-9-7-12(8-10-13)22-17(14-5-3-4-6-15(14)23)20-21-18(22)26-11-16(19)24/h3-10,23H,2,11H2,1H3,(H2,19,24). The fourth-order valence-electron chi connectivity index (χ4n) is 2.43. The number of primary amides is 1. The van der Waals surface area contributed by atoms with Gasteiger partial charge in [-0.15, -0.1) is 10.2 Å². The zero-order valence-electron chi connectivity index (χ0n) is 14.1. The van der Waals surface area contributed by atoms with Gasteiger partial charge in [0.2, 0.25) is 5.91 Å². The van der Waals surface area contributed by atoms with Crippen molar-refractivity contribution in [3.05, 3.63) is 48.5 Å². The lowest BCUT2D eigenvalue weighted by Gasteiger charge is -2.12. The molecule has 0 aliphatic rings. The van der Waals surface area contributed by atoms with Crippen molar-refractivity contribution in [3.63, 3.8) is 0 Å². The van der Waals surface area contributed by atoms with Crippen molar-refractivity contribution in [2.45, 2.75) is 12.1 Å². The molecule has 0 radical (unpaired) electrons. The van der Waals surface area contributed by atoms with Crippen molar-refractivity contribution < 1.29 is 14.6 Å². The molecule has 0 bridgehead atoms. The van der Waals surface area contributed by atoms with E-state index < -0.39 is 5.91 Å². The maximum Gasteiger partial charge on any atom is 0.227 e. The largest absolute Gasteiger partial charge is 0.507 e. The number of nitrogens with two attached hydrogens (primary N) is 1. The zero-order chi connectivity index (χ0) is 18.5. The molecule has 0 saturated carbocycles. The van der Waals surface area contributed by atoms with Gasteiger partial charge >= 0.3 is 0 Å². The van der Waals surface area contributed by atoms with E-state index in [9.17, 15) is 9.90 Å². The topological polar surface area (TPSA) is 103 Å². The van der Waals surface area contributed by atoms with Crippen LogP contribution in [0.2, 0.25) is 0 Å². The van der Waals surface area contributed by atoms with E-state index in [4.69, 9.17) is 10.5 Å². The monoisotopic (exact) mass is 370 g/mol. The molecule has 1 heterocycles. The summed E-state index contributed by atoms with van der Waals surface area (Å²) in [4.78, 5) is 11.2. The minimum Gasteiger partial charge on any atom is -0.507 e. The summed E-state index contributed by atoms with van der Waals surface area (Å²) >= 11 is 1.19. The molecule has 0 atom stereocenters. The molecule has 2 aromatic carbocycles. The van der Waals surface area contributed by atoms with Gasteiger partial charge in [0.1, 0.15) is 11.5 Å². The fraction of sp³-hybridized carbons (Fsp3) is 0.167. The van der Waals surface area contributed by atoms with Crippen molar-refractivity contribution >= 4 is 17.7 Å². The van der Waals surface area contributed by atoms with E-state index in [1.165, 1.54) is 11.8 Å². The number of nitrogens with zero attached hydrogens (tertiary/aromatic N) is 3. The summed E-state index contributed by atoms with van der Waals surface area (Å²) in [6.07, 6.45) is 0. The van der Waals surface area contributed by atoms with Gasteiger partial charge in [0.05, 0.1) is 23.6 Å². The summed E-state index contributed by atoms with van der Waals surface area (Å²) in [5.74, 6) is 0.952. The van der Waals surface area contributed by atoms with Gasteiger partial charge in [-0.3, -0.25) is 9.36 Å². The van der Waals surface area contributed by atoms with Crippen LogP contribution in [0, 0.1) is 0 Å². The highest BCUT2D eigenvalue weighted by Gasteiger charge is 2.19. The molecule has 0 saturated heterocycles. The average Bonchev–Trinajstić information content (AvgIpc) is 3.05. The number of carbonyl (C=O) groups excluding carboxylic acids is 1. The fourth-order valence-corrected chi connectivity index (χ4v) is 3.12. The van der Waals surface area contributed by atoms with Gasteiger partial charge in [0.15, 0.2) is 11.0 Å². The number of aromatic hydroxyl groups is 1. The summed E-state index contributed by atoms with van der Waals surface area (Å²) in [5, 5.41) is 19.1. The number of phenols is 1. The lowest BCUT2D eigenvalue weighted by atomic mass is 10.2. The van der Waals surface area contributed by atoms with E-state index in [2.05, 4.69) is 10.2 Å². The third kappa shape index (κ3) is 3.80. The Kier molecular flexibility index (Phi) is 5.43. The van der Waals surface area contributed by atoms with Crippen LogP contribution in [0.4, 0.5) is 0 Å². The highest BCUT2D eigenvalue weighted by molar-refractivity contribution is 7.99. The second kappa shape index (κ2) is 7.92. The molecule has 26 heavy (non-hydrogen) atoms. The number of hydrogen-bond acceptors (Lipinski definition) is 6. The van der Waals surface area contributed by atoms with Gasteiger partial charge < -0.3 is 15.6 Å². The van der Waals surface area contributed by atoms with Crippen LogP contribution in [0.25, 0.3) is 17.1 Å². The molecule has 134 valence electrons. The number of thioether (sulfide) groups is 1. The number of aromatic nitrogens is 3. The Morgan fingerprint density at radius 2 is 1.92 bits per heavy atom. The van der Waals surface area contributed by atoms with E-state index >= 15 is 0 Å². The van der Waals surface area contributed by atoms with Crippen LogP contribution in [-0.4, -0.2) is 38.1 Å². The number of rotatable bonds is 7. The number of hydrogen-bond donors (Lipinski definition) is 2. The van der Waals surface area contributed by atoms with Gasteiger partial charge in [0, 0.05) is 0 Å². The lowest BCUT2D eigenvalue weighted by molar-refractivity contribution is -0.115. The molecule has 0 aliphatic carbocycles. The second-order valence-electron chi connectivity index (χ2n) is 5.34. The molecule has 1 aromatic heterocycles. The predicted molar refractivity (Wildman–Crippen MR) is 99.5 cm³/mol. The van der Waals surface area contributed by atoms with Crippen LogP contribution < -0.4 is 10.5 Å². The van der Waals surface area contributed by atoms with Gasteiger partial charge in [-0.25, -0.2) is 0 Å². The molecule has 3 rings (SSSR count). The van der Waals surface area contributed by atoms with Crippen molar-refractivity contribution in [1.82, 2.24) is 14.8 Å². The first-order valence-corrected chi connectivity index (χ1v) is 8.97. The van der Waals surface area contributed by atoms with Crippen molar-refractivity contribution in [2.24, 2.45) is 5.73 Å². The molecule has 8 heteroatoms. The number of phenolic OH excluding ortho intramolecular Hbond substituents is 1. The molecule has 0 fully saturated rings. The van der Waals surface area contributed by atoms with Gasteiger partial charge in [-0.2, -0.15) is 0 Å². The van der Waals surface area contributed by atoms with Crippen LogP contribution >= 0.6 is 11.8 Å². The Morgan fingerprint density at radius 3 is 2.58 bits per heavy atom. The molecule has 1 amide bonds. The van der Waals surface area contributed by atoms with Crippen molar-refractivity contribution in [1.29, 1.82) is 0 Å². The van der Waals surface area contributed by atoms with Crippen LogP contribution in [-0.2, 0) is 4.79 Å². The van der Waals surface area contributed by atoms with Crippen LogP contribution in [0.15, 0.2) is 53.7 Å². The van der Waals surface area contributed by atoms with E-state index in [1.807, 2.05) is 37.3 Å². The molecule has 7 nitrogen and oxygen atoms in total. The Labute approximate surface area is 154 Å².